The van der Waals surface area contributed by atoms with Gasteiger partial charge in [0.05, 0.1) is 10.2 Å². The van der Waals surface area contributed by atoms with Crippen molar-refractivity contribution in [1.29, 1.82) is 0 Å². The highest BCUT2D eigenvalue weighted by atomic mass is 79.9. The van der Waals surface area contributed by atoms with Crippen LogP contribution in [-0.2, 0) is 0 Å². The Labute approximate surface area is 120 Å². The zero-order chi connectivity index (χ0) is 14.9. The lowest BCUT2D eigenvalue weighted by molar-refractivity contribution is 0.102. The van der Waals surface area contributed by atoms with Crippen molar-refractivity contribution in [2.45, 2.75) is 0 Å². The lowest BCUT2D eigenvalue weighted by Gasteiger charge is -2.10. The van der Waals surface area contributed by atoms with Gasteiger partial charge in [-0.25, -0.2) is 13.2 Å². The molecule has 0 aliphatic carbocycles. The topological polar surface area (TPSA) is 55.1 Å². The van der Waals surface area contributed by atoms with Gasteiger partial charge in [-0.15, -0.1) is 0 Å². The van der Waals surface area contributed by atoms with Gasteiger partial charge in [-0.05, 0) is 40.2 Å². The first-order chi connectivity index (χ1) is 9.38. The molecule has 0 aliphatic heterocycles. The molecule has 2 aromatic rings. The number of carbonyl (C=O) groups is 1. The number of nitrogens with two attached hydrogens (primary N) is 1. The minimum absolute atomic E-state index is 0.0196. The lowest BCUT2D eigenvalue weighted by Crippen LogP contribution is -2.15. The van der Waals surface area contributed by atoms with Crippen LogP contribution in [0, 0.1) is 17.5 Å². The summed E-state index contributed by atoms with van der Waals surface area (Å²) in [6.45, 7) is 0. The number of nitrogens with one attached hydrogen (secondary N) is 1. The Balaban J connectivity index is 2.30. The van der Waals surface area contributed by atoms with E-state index >= 15 is 0 Å². The normalized spacial score (nSPS) is 10.4. The molecule has 0 atom stereocenters. The second-order valence-corrected chi connectivity index (χ2v) is 4.79. The molecule has 20 heavy (non-hydrogen) atoms. The summed E-state index contributed by atoms with van der Waals surface area (Å²) in [4.78, 5) is 11.9. The van der Waals surface area contributed by atoms with Gasteiger partial charge in [0, 0.05) is 11.6 Å². The Morgan fingerprint density at radius 1 is 1.10 bits per heavy atom. The first kappa shape index (κ1) is 14.4. The number of amides is 1. The van der Waals surface area contributed by atoms with Crippen molar-refractivity contribution in [2.75, 3.05) is 11.1 Å². The van der Waals surface area contributed by atoms with E-state index in [1.54, 1.807) is 0 Å². The zero-order valence-electron chi connectivity index (χ0n) is 9.88. The van der Waals surface area contributed by atoms with E-state index in [-0.39, 0.29) is 21.4 Å². The molecule has 1 amide bonds. The summed E-state index contributed by atoms with van der Waals surface area (Å²) in [6, 6.07) is 5.14. The Morgan fingerprint density at radius 3 is 2.40 bits per heavy atom. The van der Waals surface area contributed by atoms with E-state index in [4.69, 9.17) is 5.73 Å². The number of hydrogen-bond acceptors (Lipinski definition) is 2. The van der Waals surface area contributed by atoms with E-state index in [0.717, 1.165) is 12.1 Å². The maximum absolute atomic E-state index is 13.5. The Bertz CT molecular complexity index is 668. The number of carbonyl (C=O) groups excluding carboxylic acids is 1. The SMILES string of the molecule is Nc1cc(F)cc(F)c1NC(=O)c1ccc(Br)c(F)c1. The van der Waals surface area contributed by atoms with E-state index in [1.807, 2.05) is 0 Å². The molecule has 3 nitrogen and oxygen atoms in total. The van der Waals surface area contributed by atoms with Gasteiger partial charge in [0.1, 0.15) is 17.3 Å². The van der Waals surface area contributed by atoms with E-state index in [0.29, 0.717) is 6.07 Å². The molecule has 0 aliphatic rings. The number of nitrogen functional groups attached to an aromatic ring is 1. The molecular formula is C13H8BrF3N2O. The highest BCUT2D eigenvalue weighted by molar-refractivity contribution is 9.10. The van der Waals surface area contributed by atoms with Crippen LogP contribution in [-0.4, -0.2) is 5.91 Å². The van der Waals surface area contributed by atoms with Crippen LogP contribution in [0.25, 0.3) is 0 Å². The van der Waals surface area contributed by atoms with Gasteiger partial charge in [0.2, 0.25) is 0 Å². The van der Waals surface area contributed by atoms with Gasteiger partial charge < -0.3 is 11.1 Å². The largest absolute Gasteiger partial charge is 0.397 e. The molecular weight excluding hydrogens is 337 g/mol. The smallest absolute Gasteiger partial charge is 0.255 e. The number of hydrogen-bond donors (Lipinski definition) is 2. The first-order valence-electron chi connectivity index (χ1n) is 5.39. The van der Waals surface area contributed by atoms with Crippen LogP contribution in [0.15, 0.2) is 34.8 Å². The quantitative estimate of drug-likeness (QED) is 0.816. The minimum atomic E-state index is -1.01. The number of halogens is 4. The molecule has 0 radical (unpaired) electrons. The third-order valence-electron chi connectivity index (χ3n) is 2.51. The van der Waals surface area contributed by atoms with Crippen LogP contribution in [0.2, 0.25) is 0 Å². The molecule has 0 bridgehead atoms. The van der Waals surface area contributed by atoms with Crippen molar-refractivity contribution in [3.05, 3.63) is 57.8 Å². The molecule has 104 valence electrons. The van der Waals surface area contributed by atoms with Crippen molar-refractivity contribution >= 4 is 33.2 Å². The van der Waals surface area contributed by atoms with E-state index in [1.165, 1.54) is 12.1 Å². The monoisotopic (exact) mass is 344 g/mol. The summed E-state index contributed by atoms with van der Waals surface area (Å²) >= 11 is 2.95. The Hall–Kier alpha value is -2.02. The third kappa shape index (κ3) is 2.93. The minimum Gasteiger partial charge on any atom is -0.397 e. The molecule has 2 rings (SSSR count). The van der Waals surface area contributed by atoms with Crippen molar-refractivity contribution in [2.24, 2.45) is 0 Å². The zero-order valence-corrected chi connectivity index (χ0v) is 11.5. The van der Waals surface area contributed by atoms with Gasteiger partial charge in [-0.3, -0.25) is 4.79 Å². The fourth-order valence-corrected chi connectivity index (χ4v) is 1.80. The third-order valence-corrected chi connectivity index (χ3v) is 3.15. The summed E-state index contributed by atoms with van der Waals surface area (Å²) in [7, 11) is 0. The maximum atomic E-state index is 13.5. The summed E-state index contributed by atoms with van der Waals surface area (Å²) in [5.74, 6) is -3.25. The predicted molar refractivity (Wildman–Crippen MR) is 72.8 cm³/mol. The van der Waals surface area contributed by atoms with Crippen LogP contribution < -0.4 is 11.1 Å². The molecule has 0 fully saturated rings. The molecule has 0 saturated heterocycles. The fraction of sp³-hybridized carbons (Fsp3) is 0. The lowest BCUT2D eigenvalue weighted by atomic mass is 10.2. The molecule has 0 aromatic heterocycles. The molecule has 0 heterocycles. The van der Waals surface area contributed by atoms with Crippen molar-refractivity contribution < 1.29 is 18.0 Å². The van der Waals surface area contributed by atoms with Crippen LogP contribution in [0.3, 0.4) is 0 Å². The molecule has 0 unspecified atom stereocenters. The van der Waals surface area contributed by atoms with Gasteiger partial charge in [0.15, 0.2) is 5.82 Å². The van der Waals surface area contributed by atoms with E-state index in [2.05, 4.69) is 21.2 Å². The predicted octanol–water partition coefficient (Wildman–Crippen LogP) is 3.70. The van der Waals surface area contributed by atoms with E-state index < -0.39 is 23.4 Å². The average molecular weight is 345 g/mol. The molecule has 0 spiro atoms. The highest BCUT2D eigenvalue weighted by Crippen LogP contribution is 2.25. The number of anilines is 2. The molecule has 3 N–H and O–H groups in total. The Morgan fingerprint density at radius 2 is 1.80 bits per heavy atom. The standard InChI is InChI=1S/C13H8BrF3N2O/c14-8-2-1-6(3-9(8)16)13(20)19-12-10(17)4-7(15)5-11(12)18/h1-5H,18H2,(H,19,20). The van der Waals surface area contributed by atoms with Gasteiger partial charge in [0.25, 0.3) is 5.91 Å². The summed E-state index contributed by atoms with van der Waals surface area (Å²) in [5.41, 5.74) is 4.80. The fourth-order valence-electron chi connectivity index (χ4n) is 1.55. The summed E-state index contributed by atoms with van der Waals surface area (Å²) in [5, 5.41) is 2.18. The van der Waals surface area contributed by atoms with Crippen molar-refractivity contribution in [1.82, 2.24) is 0 Å². The van der Waals surface area contributed by atoms with Crippen LogP contribution in [0.5, 0.6) is 0 Å². The molecule has 7 heteroatoms. The maximum Gasteiger partial charge on any atom is 0.255 e. The van der Waals surface area contributed by atoms with Gasteiger partial charge >= 0.3 is 0 Å². The van der Waals surface area contributed by atoms with Crippen LogP contribution in [0.4, 0.5) is 24.5 Å². The second-order valence-electron chi connectivity index (χ2n) is 3.93. The number of benzene rings is 2. The first-order valence-corrected chi connectivity index (χ1v) is 6.18. The number of rotatable bonds is 2. The average Bonchev–Trinajstić information content (AvgIpc) is 2.36. The van der Waals surface area contributed by atoms with Crippen LogP contribution in [0.1, 0.15) is 10.4 Å². The molecule has 0 saturated carbocycles. The van der Waals surface area contributed by atoms with E-state index in [9.17, 15) is 18.0 Å². The van der Waals surface area contributed by atoms with Gasteiger partial charge in [-0.2, -0.15) is 0 Å². The van der Waals surface area contributed by atoms with Crippen LogP contribution >= 0.6 is 15.9 Å². The Kier molecular flexibility index (Phi) is 3.99. The van der Waals surface area contributed by atoms with Gasteiger partial charge in [-0.1, -0.05) is 0 Å². The second kappa shape index (κ2) is 5.54. The van der Waals surface area contributed by atoms with Crippen molar-refractivity contribution in [3.8, 4) is 0 Å². The summed E-state index contributed by atoms with van der Waals surface area (Å²) < 4.78 is 39.9. The highest BCUT2D eigenvalue weighted by Gasteiger charge is 2.14. The molecule has 2 aromatic carbocycles. The van der Waals surface area contributed by atoms with Crippen molar-refractivity contribution in [3.63, 3.8) is 0 Å². The summed E-state index contributed by atoms with van der Waals surface area (Å²) in [6.07, 6.45) is 0.